The Kier molecular flexibility index (Phi) is 3.30. The molecule has 0 atom stereocenters. The van der Waals surface area contributed by atoms with Crippen molar-refractivity contribution in [3.8, 4) is 0 Å². The molecule has 0 aliphatic carbocycles. The molecule has 1 N–H and O–H groups in total. The smallest absolute Gasteiger partial charge is 0.275 e. The highest BCUT2D eigenvalue weighted by Crippen LogP contribution is 2.24. The molecule has 0 unspecified atom stereocenters. The Morgan fingerprint density at radius 3 is 3.05 bits per heavy atom. The van der Waals surface area contributed by atoms with Crippen LogP contribution in [0.3, 0.4) is 0 Å². The second kappa shape index (κ2) is 4.86. The Hall–Kier alpha value is -1.40. The number of rotatable bonds is 1. The minimum absolute atomic E-state index is 0.0503. The molecular formula is C14H16BrN3O2. The number of nitrogens with one attached hydrogen (secondary N) is 1. The summed E-state index contributed by atoms with van der Waals surface area (Å²) in [6, 6.07) is 5.75. The summed E-state index contributed by atoms with van der Waals surface area (Å²) in [5.74, 6) is -0.0503. The Bertz CT molecular complexity index is 665. The molecule has 1 amide bonds. The zero-order chi connectivity index (χ0) is 14.3. The van der Waals surface area contributed by atoms with E-state index in [1.165, 1.54) is 0 Å². The van der Waals surface area contributed by atoms with Crippen LogP contribution in [-0.2, 0) is 4.74 Å². The van der Waals surface area contributed by atoms with Crippen molar-refractivity contribution < 1.29 is 9.53 Å². The highest BCUT2D eigenvalue weighted by Gasteiger charge is 2.31. The third kappa shape index (κ3) is 2.45. The predicted molar refractivity (Wildman–Crippen MR) is 79.7 cm³/mol. The number of fused-ring (bicyclic) bond motifs is 1. The maximum atomic E-state index is 12.6. The Labute approximate surface area is 125 Å². The standard InChI is InChI=1S/C14H16BrN3O2/c1-14(2)8-18(5-6-20-14)13(19)12-10-7-9(15)3-4-11(10)16-17-12/h3-4,7H,5-6,8H2,1-2H3,(H,16,17). The van der Waals surface area contributed by atoms with Crippen LogP contribution in [0.2, 0.25) is 0 Å². The number of halogens is 1. The number of benzene rings is 1. The lowest BCUT2D eigenvalue weighted by molar-refractivity contribution is -0.0764. The molecule has 1 aromatic heterocycles. The topological polar surface area (TPSA) is 58.2 Å². The molecule has 1 aliphatic rings. The number of carbonyl (C=O) groups excluding carboxylic acids is 1. The number of ether oxygens (including phenoxy) is 1. The number of aromatic nitrogens is 2. The first kappa shape index (κ1) is 13.6. The molecule has 1 saturated heterocycles. The molecule has 2 heterocycles. The summed E-state index contributed by atoms with van der Waals surface area (Å²) in [5, 5.41) is 7.93. The van der Waals surface area contributed by atoms with Gasteiger partial charge in [-0.15, -0.1) is 0 Å². The summed E-state index contributed by atoms with van der Waals surface area (Å²) in [7, 11) is 0. The molecular weight excluding hydrogens is 322 g/mol. The highest BCUT2D eigenvalue weighted by molar-refractivity contribution is 9.10. The molecule has 0 spiro atoms. The maximum Gasteiger partial charge on any atom is 0.275 e. The average Bonchev–Trinajstić information content (AvgIpc) is 2.79. The molecule has 5 nitrogen and oxygen atoms in total. The molecule has 6 heteroatoms. The van der Waals surface area contributed by atoms with Gasteiger partial charge >= 0.3 is 0 Å². The summed E-state index contributed by atoms with van der Waals surface area (Å²) in [6.07, 6.45) is 0. The van der Waals surface area contributed by atoms with E-state index in [0.29, 0.717) is 25.4 Å². The van der Waals surface area contributed by atoms with E-state index in [0.717, 1.165) is 15.4 Å². The number of carbonyl (C=O) groups is 1. The summed E-state index contributed by atoms with van der Waals surface area (Å²) >= 11 is 3.43. The van der Waals surface area contributed by atoms with Crippen LogP contribution in [0.15, 0.2) is 22.7 Å². The van der Waals surface area contributed by atoms with Crippen molar-refractivity contribution in [2.75, 3.05) is 19.7 Å². The lowest BCUT2D eigenvalue weighted by Gasteiger charge is -2.37. The van der Waals surface area contributed by atoms with Gasteiger partial charge in [-0.1, -0.05) is 15.9 Å². The van der Waals surface area contributed by atoms with E-state index in [1.807, 2.05) is 32.0 Å². The van der Waals surface area contributed by atoms with Crippen molar-refractivity contribution in [3.63, 3.8) is 0 Å². The highest BCUT2D eigenvalue weighted by atomic mass is 79.9. The number of nitrogens with zero attached hydrogens (tertiary/aromatic N) is 2. The van der Waals surface area contributed by atoms with Crippen molar-refractivity contribution in [3.05, 3.63) is 28.4 Å². The molecule has 1 aliphatic heterocycles. The number of hydrogen-bond donors (Lipinski definition) is 1. The lowest BCUT2D eigenvalue weighted by Crippen LogP contribution is -2.50. The van der Waals surface area contributed by atoms with Crippen LogP contribution < -0.4 is 0 Å². The molecule has 106 valence electrons. The fourth-order valence-corrected chi connectivity index (χ4v) is 2.85. The third-order valence-corrected chi connectivity index (χ3v) is 3.93. The van der Waals surface area contributed by atoms with Crippen LogP contribution in [0.4, 0.5) is 0 Å². The van der Waals surface area contributed by atoms with Crippen LogP contribution in [-0.4, -0.2) is 46.3 Å². The quantitative estimate of drug-likeness (QED) is 0.870. The summed E-state index contributed by atoms with van der Waals surface area (Å²) in [4.78, 5) is 14.5. The normalized spacial score (nSPS) is 18.4. The van der Waals surface area contributed by atoms with Crippen molar-refractivity contribution >= 4 is 32.7 Å². The van der Waals surface area contributed by atoms with Gasteiger partial charge < -0.3 is 9.64 Å². The molecule has 1 fully saturated rings. The molecule has 2 aromatic rings. The predicted octanol–water partition coefficient (Wildman–Crippen LogP) is 2.58. The SMILES string of the molecule is CC1(C)CN(C(=O)c2n[nH]c3ccc(Br)cc23)CCO1. The van der Waals surface area contributed by atoms with Gasteiger partial charge in [0.2, 0.25) is 0 Å². The molecule has 0 saturated carbocycles. The van der Waals surface area contributed by atoms with E-state index in [2.05, 4.69) is 26.1 Å². The first-order chi connectivity index (χ1) is 9.46. The minimum atomic E-state index is -0.305. The molecule has 1 aromatic carbocycles. The van der Waals surface area contributed by atoms with Crippen LogP contribution >= 0.6 is 15.9 Å². The zero-order valence-electron chi connectivity index (χ0n) is 11.4. The van der Waals surface area contributed by atoms with Crippen molar-refractivity contribution in [1.82, 2.24) is 15.1 Å². The van der Waals surface area contributed by atoms with E-state index in [1.54, 1.807) is 4.90 Å². The van der Waals surface area contributed by atoms with Gasteiger partial charge in [-0.2, -0.15) is 5.10 Å². The number of morpholine rings is 1. The molecule has 0 radical (unpaired) electrons. The third-order valence-electron chi connectivity index (χ3n) is 3.44. The molecule has 0 bridgehead atoms. The van der Waals surface area contributed by atoms with Gasteiger partial charge in [0.15, 0.2) is 5.69 Å². The lowest BCUT2D eigenvalue weighted by atomic mass is 10.1. The molecule has 3 rings (SSSR count). The summed E-state index contributed by atoms with van der Waals surface area (Å²) in [6.45, 7) is 5.72. The van der Waals surface area contributed by atoms with Crippen LogP contribution in [0, 0.1) is 0 Å². The first-order valence-electron chi connectivity index (χ1n) is 6.53. The number of hydrogen-bond acceptors (Lipinski definition) is 3. The fraction of sp³-hybridized carbons (Fsp3) is 0.429. The van der Waals surface area contributed by atoms with Crippen molar-refractivity contribution in [2.24, 2.45) is 0 Å². The van der Waals surface area contributed by atoms with E-state index in [9.17, 15) is 4.79 Å². The Morgan fingerprint density at radius 1 is 1.50 bits per heavy atom. The molecule has 20 heavy (non-hydrogen) atoms. The summed E-state index contributed by atoms with van der Waals surface area (Å²) < 4.78 is 6.57. The van der Waals surface area contributed by atoms with E-state index >= 15 is 0 Å². The fourth-order valence-electron chi connectivity index (χ4n) is 2.49. The number of amides is 1. The van der Waals surface area contributed by atoms with Gasteiger partial charge in [0.05, 0.1) is 17.7 Å². The number of H-pyrrole nitrogens is 1. The maximum absolute atomic E-state index is 12.6. The van der Waals surface area contributed by atoms with Gasteiger partial charge in [-0.3, -0.25) is 9.89 Å². The first-order valence-corrected chi connectivity index (χ1v) is 7.32. The van der Waals surface area contributed by atoms with E-state index < -0.39 is 0 Å². The second-order valence-corrected chi connectivity index (χ2v) is 6.51. The van der Waals surface area contributed by atoms with Gasteiger partial charge in [0, 0.05) is 22.9 Å². The average molecular weight is 338 g/mol. The Balaban J connectivity index is 1.94. The van der Waals surface area contributed by atoms with Crippen LogP contribution in [0.5, 0.6) is 0 Å². The zero-order valence-corrected chi connectivity index (χ0v) is 13.0. The van der Waals surface area contributed by atoms with Crippen LogP contribution in [0.25, 0.3) is 10.9 Å². The van der Waals surface area contributed by atoms with Gasteiger partial charge in [0.25, 0.3) is 5.91 Å². The van der Waals surface area contributed by atoms with Crippen LogP contribution in [0.1, 0.15) is 24.3 Å². The Morgan fingerprint density at radius 2 is 2.30 bits per heavy atom. The second-order valence-electron chi connectivity index (χ2n) is 5.60. The monoisotopic (exact) mass is 337 g/mol. The number of aromatic amines is 1. The van der Waals surface area contributed by atoms with Crippen molar-refractivity contribution in [1.29, 1.82) is 0 Å². The van der Waals surface area contributed by atoms with Gasteiger partial charge in [-0.05, 0) is 32.0 Å². The van der Waals surface area contributed by atoms with Gasteiger partial charge in [0.1, 0.15) is 0 Å². The minimum Gasteiger partial charge on any atom is -0.372 e. The largest absolute Gasteiger partial charge is 0.372 e. The van der Waals surface area contributed by atoms with E-state index in [4.69, 9.17) is 4.74 Å². The van der Waals surface area contributed by atoms with Crippen molar-refractivity contribution in [2.45, 2.75) is 19.4 Å². The van der Waals surface area contributed by atoms with E-state index in [-0.39, 0.29) is 11.5 Å². The summed E-state index contributed by atoms with van der Waals surface area (Å²) in [5.41, 5.74) is 1.03. The van der Waals surface area contributed by atoms with Gasteiger partial charge in [-0.25, -0.2) is 0 Å².